The van der Waals surface area contributed by atoms with Gasteiger partial charge >= 0.3 is 5.97 Å². The van der Waals surface area contributed by atoms with Crippen molar-refractivity contribution in [2.75, 3.05) is 51.3 Å². The molecule has 2 aliphatic heterocycles. The van der Waals surface area contributed by atoms with Crippen molar-refractivity contribution in [3.63, 3.8) is 0 Å². The molecule has 1 fully saturated rings. The fourth-order valence-corrected chi connectivity index (χ4v) is 4.89. The Kier molecular flexibility index (Phi) is 8.32. The zero-order chi connectivity index (χ0) is 25.7. The fraction of sp³-hybridized carbons (Fsp3) is 0.517. The number of rotatable bonds is 7. The van der Waals surface area contributed by atoms with E-state index in [2.05, 4.69) is 33.3 Å². The number of benzene rings is 2. The largest absolute Gasteiger partial charge is 0.456 e. The number of carbonyl (C=O) groups excluding carboxylic acids is 2. The molecular weight excluding hydrogens is 454 g/mol. The summed E-state index contributed by atoms with van der Waals surface area (Å²) >= 11 is 0. The van der Waals surface area contributed by atoms with Crippen molar-refractivity contribution in [3.05, 3.63) is 64.7 Å². The minimum atomic E-state index is -0.493. The van der Waals surface area contributed by atoms with Crippen molar-refractivity contribution in [1.82, 2.24) is 10.2 Å². The molecule has 36 heavy (non-hydrogen) atoms. The Morgan fingerprint density at radius 1 is 1.06 bits per heavy atom. The third-order valence-corrected chi connectivity index (χ3v) is 6.84. The lowest BCUT2D eigenvalue weighted by Gasteiger charge is -2.37. The zero-order valence-corrected chi connectivity index (χ0v) is 22.0. The second-order valence-electron chi connectivity index (χ2n) is 10.7. The Morgan fingerprint density at radius 2 is 1.78 bits per heavy atom. The average Bonchev–Trinajstić information content (AvgIpc) is 2.86. The maximum absolute atomic E-state index is 12.3. The molecule has 0 unspecified atom stereocenters. The van der Waals surface area contributed by atoms with E-state index in [1.165, 1.54) is 11.1 Å². The van der Waals surface area contributed by atoms with E-state index in [1.807, 2.05) is 45.0 Å². The number of nitrogens with one attached hydrogen (secondary N) is 1. The molecule has 1 amide bonds. The number of carbonyl (C=O) groups is 2. The van der Waals surface area contributed by atoms with Gasteiger partial charge in [-0.3, -0.25) is 9.69 Å². The first kappa shape index (κ1) is 26.2. The third kappa shape index (κ3) is 6.86. The van der Waals surface area contributed by atoms with E-state index < -0.39 is 5.60 Å². The van der Waals surface area contributed by atoms with Crippen LogP contribution in [0.5, 0.6) is 0 Å². The van der Waals surface area contributed by atoms with Gasteiger partial charge in [0, 0.05) is 45.5 Å². The standard InChI is InChI=1S/C29H39N3O4/c1-29(2,3)36-28(34)22-6-8-24(9-7-22)32-16-14-31(15-17-32)13-11-26-25-10-5-21(20-27(33)30-4)19-23(25)12-18-35-26/h5-10,19,26H,11-18,20H2,1-4H3,(H,30,33)/t26-/m0/s1. The van der Waals surface area contributed by atoms with E-state index in [0.717, 1.165) is 63.4 Å². The van der Waals surface area contributed by atoms with Crippen LogP contribution in [0.2, 0.25) is 0 Å². The van der Waals surface area contributed by atoms with Crippen LogP contribution in [0.1, 0.15) is 60.3 Å². The molecule has 1 saturated heterocycles. The Balaban J connectivity index is 1.26. The van der Waals surface area contributed by atoms with Crippen LogP contribution in [-0.2, 0) is 27.1 Å². The molecule has 2 heterocycles. The SMILES string of the molecule is CNC(=O)Cc1ccc2c(c1)CCO[C@H]2CCN1CCN(c2ccc(C(=O)OC(C)(C)C)cc2)CC1. The van der Waals surface area contributed by atoms with Gasteiger partial charge in [-0.25, -0.2) is 4.79 Å². The summed E-state index contributed by atoms with van der Waals surface area (Å²) in [5.41, 5.74) is 4.87. The van der Waals surface area contributed by atoms with Gasteiger partial charge in [-0.15, -0.1) is 0 Å². The number of likely N-dealkylation sites (N-methyl/N-ethyl adjacent to an activating group) is 1. The Bertz CT molecular complexity index is 1050. The first-order valence-corrected chi connectivity index (χ1v) is 13.0. The van der Waals surface area contributed by atoms with Crippen LogP contribution in [0.3, 0.4) is 0 Å². The number of piperazine rings is 1. The van der Waals surface area contributed by atoms with Gasteiger partial charge in [-0.2, -0.15) is 0 Å². The predicted molar refractivity (Wildman–Crippen MR) is 141 cm³/mol. The molecule has 0 spiro atoms. The molecular formula is C29H39N3O4. The summed E-state index contributed by atoms with van der Waals surface area (Å²) < 4.78 is 11.6. The number of hydrogen-bond acceptors (Lipinski definition) is 6. The molecule has 2 aliphatic rings. The first-order valence-electron chi connectivity index (χ1n) is 13.0. The van der Waals surface area contributed by atoms with Crippen molar-refractivity contribution >= 4 is 17.6 Å². The van der Waals surface area contributed by atoms with Crippen LogP contribution in [0.25, 0.3) is 0 Å². The highest BCUT2D eigenvalue weighted by Gasteiger charge is 2.24. The van der Waals surface area contributed by atoms with Crippen LogP contribution in [-0.4, -0.2) is 68.8 Å². The number of anilines is 1. The highest BCUT2D eigenvalue weighted by Crippen LogP contribution is 2.31. The van der Waals surface area contributed by atoms with E-state index in [1.54, 1.807) is 7.05 Å². The fourth-order valence-electron chi connectivity index (χ4n) is 4.89. The summed E-state index contributed by atoms with van der Waals surface area (Å²) in [5, 5.41) is 2.70. The van der Waals surface area contributed by atoms with Gasteiger partial charge in [0.05, 0.1) is 24.7 Å². The summed E-state index contributed by atoms with van der Waals surface area (Å²) in [4.78, 5) is 28.9. The highest BCUT2D eigenvalue weighted by molar-refractivity contribution is 5.90. The molecule has 0 saturated carbocycles. The first-order chi connectivity index (χ1) is 17.2. The minimum absolute atomic E-state index is 0.0386. The molecule has 0 aliphatic carbocycles. The number of ether oxygens (including phenoxy) is 2. The van der Waals surface area contributed by atoms with Gasteiger partial charge in [-0.05, 0) is 74.6 Å². The quantitative estimate of drug-likeness (QED) is 0.593. The van der Waals surface area contributed by atoms with E-state index in [-0.39, 0.29) is 18.0 Å². The molecule has 2 aromatic carbocycles. The number of nitrogens with zero attached hydrogens (tertiary/aromatic N) is 2. The maximum atomic E-state index is 12.3. The molecule has 7 nitrogen and oxygen atoms in total. The number of amides is 1. The summed E-state index contributed by atoms with van der Waals surface area (Å²) in [7, 11) is 1.67. The van der Waals surface area contributed by atoms with Crippen molar-refractivity contribution in [2.45, 2.75) is 51.7 Å². The summed E-state index contributed by atoms with van der Waals surface area (Å²) in [6.45, 7) is 11.3. The molecule has 2 aromatic rings. The van der Waals surface area contributed by atoms with Crippen LogP contribution in [0.15, 0.2) is 42.5 Å². The van der Waals surface area contributed by atoms with E-state index in [9.17, 15) is 9.59 Å². The monoisotopic (exact) mass is 493 g/mol. The zero-order valence-electron chi connectivity index (χ0n) is 22.0. The molecule has 0 radical (unpaired) electrons. The lowest BCUT2D eigenvalue weighted by Crippen LogP contribution is -2.47. The van der Waals surface area contributed by atoms with E-state index in [0.29, 0.717) is 12.0 Å². The van der Waals surface area contributed by atoms with Gasteiger partial charge in [-0.1, -0.05) is 18.2 Å². The number of hydrogen-bond donors (Lipinski definition) is 1. The Morgan fingerprint density at radius 3 is 2.44 bits per heavy atom. The second-order valence-corrected chi connectivity index (χ2v) is 10.7. The van der Waals surface area contributed by atoms with Crippen LogP contribution in [0, 0.1) is 0 Å². The van der Waals surface area contributed by atoms with E-state index in [4.69, 9.17) is 9.47 Å². The third-order valence-electron chi connectivity index (χ3n) is 6.84. The number of esters is 1. The van der Waals surface area contributed by atoms with Gasteiger partial charge in [0.2, 0.25) is 5.91 Å². The van der Waals surface area contributed by atoms with E-state index >= 15 is 0 Å². The predicted octanol–water partition coefficient (Wildman–Crippen LogP) is 3.76. The Hall–Kier alpha value is -2.90. The number of fused-ring (bicyclic) bond motifs is 1. The summed E-state index contributed by atoms with van der Waals surface area (Å²) in [5.74, 6) is -0.246. The van der Waals surface area contributed by atoms with Gasteiger partial charge in [0.15, 0.2) is 0 Å². The normalized spacial score (nSPS) is 18.4. The Labute approximate surface area is 214 Å². The molecule has 0 aromatic heterocycles. The highest BCUT2D eigenvalue weighted by atomic mass is 16.6. The van der Waals surface area contributed by atoms with Crippen molar-refractivity contribution < 1.29 is 19.1 Å². The van der Waals surface area contributed by atoms with Crippen molar-refractivity contribution in [3.8, 4) is 0 Å². The lowest BCUT2D eigenvalue weighted by molar-refractivity contribution is -0.119. The molecule has 7 heteroatoms. The smallest absolute Gasteiger partial charge is 0.338 e. The molecule has 194 valence electrons. The average molecular weight is 494 g/mol. The van der Waals surface area contributed by atoms with Crippen LogP contribution in [0.4, 0.5) is 5.69 Å². The summed E-state index contributed by atoms with van der Waals surface area (Å²) in [6.07, 6.45) is 2.40. The maximum Gasteiger partial charge on any atom is 0.338 e. The van der Waals surface area contributed by atoms with Gasteiger partial charge in [0.1, 0.15) is 5.60 Å². The molecule has 1 N–H and O–H groups in total. The van der Waals surface area contributed by atoms with Gasteiger partial charge < -0.3 is 19.7 Å². The molecule has 0 bridgehead atoms. The lowest BCUT2D eigenvalue weighted by atomic mass is 9.93. The topological polar surface area (TPSA) is 71.1 Å². The summed E-state index contributed by atoms with van der Waals surface area (Å²) in [6, 6.07) is 14.1. The van der Waals surface area contributed by atoms with Gasteiger partial charge in [0.25, 0.3) is 0 Å². The molecule has 1 atom stereocenters. The van der Waals surface area contributed by atoms with Crippen molar-refractivity contribution in [1.29, 1.82) is 0 Å². The van der Waals surface area contributed by atoms with Crippen LogP contribution < -0.4 is 10.2 Å². The minimum Gasteiger partial charge on any atom is -0.456 e. The second kappa shape index (κ2) is 11.4. The van der Waals surface area contributed by atoms with Crippen LogP contribution >= 0.6 is 0 Å². The molecule has 4 rings (SSSR count). The van der Waals surface area contributed by atoms with Crippen molar-refractivity contribution in [2.24, 2.45) is 0 Å².